The number of halogens is 1. The number of nitrogens with zero attached hydrogens (tertiary/aromatic N) is 2. The first-order chi connectivity index (χ1) is 7.88. The molecule has 1 N–H and O–H groups in total. The molecule has 0 aromatic carbocycles. The lowest BCUT2D eigenvalue weighted by atomic mass is 9.81. The third-order valence-corrected chi connectivity index (χ3v) is 3.47. The van der Waals surface area contributed by atoms with Gasteiger partial charge in [0.2, 0.25) is 0 Å². The average molecular weight is 239 g/mol. The van der Waals surface area contributed by atoms with Gasteiger partial charge in [-0.1, -0.05) is 34.6 Å². The van der Waals surface area contributed by atoms with E-state index in [4.69, 9.17) is 0 Å². The highest BCUT2D eigenvalue weighted by atomic mass is 19.1. The number of rotatable bonds is 5. The van der Waals surface area contributed by atoms with Crippen LogP contribution in [0.4, 0.5) is 10.2 Å². The van der Waals surface area contributed by atoms with E-state index in [1.165, 1.54) is 6.33 Å². The predicted octanol–water partition coefficient (Wildman–Crippen LogP) is 3.27. The van der Waals surface area contributed by atoms with Crippen LogP contribution in [0.1, 0.15) is 40.3 Å². The first kappa shape index (κ1) is 13.9. The molecule has 0 atom stereocenters. The highest BCUT2D eigenvalue weighted by Crippen LogP contribution is 2.26. The second-order valence-corrected chi connectivity index (χ2v) is 5.33. The summed E-state index contributed by atoms with van der Waals surface area (Å²) in [5.41, 5.74) is 0.564. The van der Waals surface area contributed by atoms with E-state index in [2.05, 4.69) is 43.0 Å². The number of aryl methyl sites for hydroxylation is 1. The van der Waals surface area contributed by atoms with Crippen molar-refractivity contribution in [1.29, 1.82) is 0 Å². The van der Waals surface area contributed by atoms with Crippen molar-refractivity contribution >= 4 is 5.82 Å². The van der Waals surface area contributed by atoms with Crippen molar-refractivity contribution in [1.82, 2.24) is 9.97 Å². The smallest absolute Gasteiger partial charge is 0.186 e. The number of nitrogens with one attached hydrogen (secondary N) is 1. The molecule has 4 heteroatoms. The van der Waals surface area contributed by atoms with Crippen molar-refractivity contribution in [3.63, 3.8) is 0 Å². The minimum atomic E-state index is -0.324. The van der Waals surface area contributed by atoms with Gasteiger partial charge in [0.25, 0.3) is 0 Å². The maximum atomic E-state index is 13.9. The summed E-state index contributed by atoms with van der Waals surface area (Å²) in [6.45, 7) is 11.2. The summed E-state index contributed by atoms with van der Waals surface area (Å²) in [5.74, 6) is 0.505. The molecular weight excluding hydrogens is 217 g/mol. The summed E-state index contributed by atoms with van der Waals surface area (Å²) in [6.07, 6.45) is 1.99. The van der Waals surface area contributed by atoms with Crippen molar-refractivity contribution in [2.45, 2.75) is 41.0 Å². The predicted molar refractivity (Wildman–Crippen MR) is 68.5 cm³/mol. The zero-order valence-electron chi connectivity index (χ0n) is 11.3. The highest BCUT2D eigenvalue weighted by molar-refractivity contribution is 5.37. The van der Waals surface area contributed by atoms with Crippen LogP contribution >= 0.6 is 0 Å². The van der Waals surface area contributed by atoms with Gasteiger partial charge in [0.1, 0.15) is 6.33 Å². The van der Waals surface area contributed by atoms with Crippen LogP contribution in [-0.2, 0) is 6.42 Å². The number of hydrogen-bond acceptors (Lipinski definition) is 3. The summed E-state index contributed by atoms with van der Waals surface area (Å²) in [5, 5.41) is 3.08. The Hall–Kier alpha value is -1.19. The first-order valence-electron chi connectivity index (χ1n) is 6.11. The Labute approximate surface area is 103 Å². The van der Waals surface area contributed by atoms with Crippen LogP contribution in [0.3, 0.4) is 0 Å². The summed E-state index contributed by atoms with van der Waals surface area (Å²) in [4.78, 5) is 7.86. The van der Waals surface area contributed by atoms with Crippen molar-refractivity contribution < 1.29 is 4.39 Å². The molecule has 1 heterocycles. The topological polar surface area (TPSA) is 37.8 Å². The van der Waals surface area contributed by atoms with E-state index in [1.807, 2.05) is 6.92 Å². The highest BCUT2D eigenvalue weighted by Gasteiger charge is 2.23. The van der Waals surface area contributed by atoms with Crippen LogP contribution < -0.4 is 5.32 Å². The Morgan fingerprint density at radius 2 is 2.00 bits per heavy atom. The fourth-order valence-electron chi connectivity index (χ4n) is 1.29. The van der Waals surface area contributed by atoms with E-state index in [9.17, 15) is 4.39 Å². The van der Waals surface area contributed by atoms with Crippen LogP contribution in [0.25, 0.3) is 0 Å². The van der Waals surface area contributed by atoms with Gasteiger partial charge in [-0.25, -0.2) is 14.4 Å². The maximum Gasteiger partial charge on any atom is 0.186 e. The van der Waals surface area contributed by atoms with E-state index in [0.717, 1.165) is 0 Å². The number of anilines is 1. The van der Waals surface area contributed by atoms with Crippen molar-refractivity contribution in [2.75, 3.05) is 11.9 Å². The van der Waals surface area contributed by atoms with E-state index in [1.54, 1.807) is 0 Å². The second kappa shape index (κ2) is 5.43. The third-order valence-electron chi connectivity index (χ3n) is 3.47. The number of hydrogen-bond donors (Lipinski definition) is 1. The molecule has 0 aliphatic rings. The number of aromatic nitrogens is 2. The van der Waals surface area contributed by atoms with Crippen LogP contribution in [0.2, 0.25) is 0 Å². The Balaban J connectivity index is 2.76. The summed E-state index contributed by atoms with van der Waals surface area (Å²) < 4.78 is 13.9. The summed E-state index contributed by atoms with van der Waals surface area (Å²) in [6, 6.07) is 0. The molecule has 96 valence electrons. The molecule has 0 saturated heterocycles. The molecule has 0 aliphatic carbocycles. The molecule has 3 nitrogen and oxygen atoms in total. The van der Waals surface area contributed by atoms with Gasteiger partial charge in [-0.3, -0.25) is 0 Å². The molecule has 0 aliphatic heterocycles. The molecule has 17 heavy (non-hydrogen) atoms. The molecule has 0 saturated carbocycles. The van der Waals surface area contributed by atoms with Crippen molar-refractivity contribution in [3.8, 4) is 0 Å². The van der Waals surface area contributed by atoms with Gasteiger partial charge in [0.15, 0.2) is 11.6 Å². The zero-order chi connectivity index (χ0) is 13.1. The molecule has 0 fully saturated rings. The molecule has 1 aromatic heterocycles. The van der Waals surface area contributed by atoms with Gasteiger partial charge in [0, 0.05) is 6.54 Å². The Morgan fingerprint density at radius 1 is 1.35 bits per heavy atom. The Bertz CT molecular complexity index is 375. The Kier molecular flexibility index (Phi) is 4.43. The van der Waals surface area contributed by atoms with Gasteiger partial charge in [-0.05, 0) is 17.8 Å². The molecule has 1 aromatic rings. The van der Waals surface area contributed by atoms with Crippen LogP contribution in [-0.4, -0.2) is 16.5 Å². The summed E-state index contributed by atoms with van der Waals surface area (Å²) >= 11 is 0. The SMILES string of the molecule is CCc1ncnc(NCC(C)(C)C(C)C)c1F. The minimum absolute atomic E-state index is 0.101. The Morgan fingerprint density at radius 3 is 2.53 bits per heavy atom. The van der Waals surface area contributed by atoms with E-state index in [-0.39, 0.29) is 11.2 Å². The van der Waals surface area contributed by atoms with E-state index in [0.29, 0.717) is 30.4 Å². The van der Waals surface area contributed by atoms with Gasteiger partial charge >= 0.3 is 0 Å². The molecule has 0 spiro atoms. The molecular formula is C13H22FN3. The molecule has 0 unspecified atom stereocenters. The molecule has 0 bridgehead atoms. The normalized spacial score (nSPS) is 11.9. The third kappa shape index (κ3) is 3.38. The van der Waals surface area contributed by atoms with Gasteiger partial charge < -0.3 is 5.32 Å². The van der Waals surface area contributed by atoms with E-state index < -0.39 is 0 Å². The maximum absolute atomic E-state index is 13.9. The summed E-state index contributed by atoms with van der Waals surface area (Å²) in [7, 11) is 0. The lowest BCUT2D eigenvalue weighted by Crippen LogP contribution is -2.29. The standard InChI is InChI=1S/C13H22FN3/c1-6-10-11(14)12(17-8-16-10)15-7-13(4,5)9(2)3/h8-9H,6-7H2,1-5H3,(H,15,16,17). The van der Waals surface area contributed by atoms with Crippen LogP contribution in [0.5, 0.6) is 0 Å². The second-order valence-electron chi connectivity index (χ2n) is 5.33. The molecule has 1 rings (SSSR count). The monoisotopic (exact) mass is 239 g/mol. The van der Waals surface area contributed by atoms with Gasteiger partial charge in [-0.2, -0.15) is 0 Å². The van der Waals surface area contributed by atoms with Gasteiger partial charge in [-0.15, -0.1) is 0 Å². The van der Waals surface area contributed by atoms with E-state index >= 15 is 0 Å². The van der Waals surface area contributed by atoms with Crippen LogP contribution in [0.15, 0.2) is 6.33 Å². The lowest BCUT2D eigenvalue weighted by molar-refractivity contribution is 0.269. The quantitative estimate of drug-likeness (QED) is 0.857. The fraction of sp³-hybridized carbons (Fsp3) is 0.692. The minimum Gasteiger partial charge on any atom is -0.367 e. The fourth-order valence-corrected chi connectivity index (χ4v) is 1.29. The lowest BCUT2D eigenvalue weighted by Gasteiger charge is -2.29. The molecule has 0 radical (unpaired) electrons. The zero-order valence-corrected chi connectivity index (χ0v) is 11.3. The van der Waals surface area contributed by atoms with Gasteiger partial charge in [0.05, 0.1) is 5.69 Å². The van der Waals surface area contributed by atoms with Crippen molar-refractivity contribution in [3.05, 3.63) is 17.8 Å². The first-order valence-corrected chi connectivity index (χ1v) is 6.11. The molecule has 0 amide bonds. The largest absolute Gasteiger partial charge is 0.367 e. The average Bonchev–Trinajstić information content (AvgIpc) is 2.27. The van der Waals surface area contributed by atoms with Crippen LogP contribution in [0, 0.1) is 17.2 Å². The van der Waals surface area contributed by atoms with Crippen molar-refractivity contribution in [2.24, 2.45) is 11.3 Å².